The van der Waals surface area contributed by atoms with Gasteiger partial charge >= 0.3 is 5.97 Å². The molecule has 2 aromatic carbocycles. The van der Waals surface area contributed by atoms with Crippen molar-refractivity contribution in [3.63, 3.8) is 0 Å². The summed E-state index contributed by atoms with van der Waals surface area (Å²) in [5.74, 6) is 0.137. The monoisotopic (exact) mass is 664 g/mol. The molecule has 0 amide bonds. The SMILES string of the molecule is C=CCn1c(-c2ccccc2CO)c(C2CCCCC2)c2ccc(C(=O)OC)cc21.CCCC[N+](CCCC)(CCCC)CCCC.[F-]. The Morgan fingerprint density at radius 1 is 0.896 bits per heavy atom. The van der Waals surface area contributed by atoms with Crippen molar-refractivity contribution in [2.75, 3.05) is 33.3 Å². The fraction of sp³-hybridized carbons (Fsp3) is 0.595. The lowest BCUT2D eigenvalue weighted by molar-refractivity contribution is -0.929. The molecule has 6 heteroatoms. The van der Waals surface area contributed by atoms with Crippen LogP contribution in [0.1, 0.15) is 139 Å². The van der Waals surface area contributed by atoms with Gasteiger partial charge in [0.25, 0.3) is 0 Å². The van der Waals surface area contributed by atoms with E-state index >= 15 is 0 Å². The first-order valence-electron chi connectivity index (χ1n) is 18.8. The number of esters is 1. The molecule has 3 aromatic rings. The zero-order valence-corrected chi connectivity index (χ0v) is 30.9. The quantitative estimate of drug-likeness (QED) is 0.0857. The molecule has 1 N–H and O–H groups in total. The average molecular weight is 665 g/mol. The van der Waals surface area contributed by atoms with Crippen molar-refractivity contribution in [2.45, 2.75) is 130 Å². The minimum absolute atomic E-state index is 0. The molecular formula is C42H65FN2O3. The lowest BCUT2D eigenvalue weighted by Crippen LogP contribution is -3.00. The molecule has 1 aromatic heterocycles. The van der Waals surface area contributed by atoms with E-state index in [0.29, 0.717) is 18.0 Å². The zero-order valence-electron chi connectivity index (χ0n) is 30.9. The van der Waals surface area contributed by atoms with Crippen molar-refractivity contribution in [3.8, 4) is 11.3 Å². The van der Waals surface area contributed by atoms with Gasteiger partial charge in [-0.3, -0.25) is 0 Å². The van der Waals surface area contributed by atoms with E-state index in [0.717, 1.165) is 22.3 Å². The minimum Gasteiger partial charge on any atom is -1.00 e. The number of nitrogens with zero attached hydrogens (tertiary/aromatic N) is 2. The number of aromatic nitrogens is 1. The van der Waals surface area contributed by atoms with Crippen LogP contribution >= 0.6 is 0 Å². The highest BCUT2D eigenvalue weighted by Gasteiger charge is 2.28. The Bertz CT molecular complexity index is 1340. The van der Waals surface area contributed by atoms with E-state index in [1.807, 2.05) is 36.4 Å². The van der Waals surface area contributed by atoms with E-state index in [4.69, 9.17) is 4.74 Å². The van der Waals surface area contributed by atoms with Crippen molar-refractivity contribution in [1.29, 1.82) is 0 Å². The first kappa shape index (κ1) is 41.2. The van der Waals surface area contributed by atoms with Crippen LogP contribution in [0, 0.1) is 0 Å². The molecule has 1 fully saturated rings. The van der Waals surface area contributed by atoms with Crippen molar-refractivity contribution in [1.82, 2.24) is 4.57 Å². The number of fused-ring (bicyclic) bond motifs is 1. The van der Waals surface area contributed by atoms with E-state index in [9.17, 15) is 9.90 Å². The third-order valence-corrected chi connectivity index (χ3v) is 10.2. The fourth-order valence-corrected chi connectivity index (χ4v) is 7.57. The number of carbonyl (C=O) groups excluding carboxylic acids is 1. The second kappa shape index (κ2) is 21.9. The summed E-state index contributed by atoms with van der Waals surface area (Å²) in [4.78, 5) is 12.2. The fourth-order valence-electron chi connectivity index (χ4n) is 7.57. The van der Waals surface area contributed by atoms with Crippen LogP contribution in [0.4, 0.5) is 0 Å². The number of aliphatic hydroxyl groups excluding tert-OH is 1. The highest BCUT2D eigenvalue weighted by molar-refractivity contribution is 5.99. The molecule has 0 bridgehead atoms. The lowest BCUT2D eigenvalue weighted by atomic mass is 9.81. The normalized spacial score (nSPS) is 13.5. The number of allylic oxidation sites excluding steroid dienone is 1. The number of unbranched alkanes of at least 4 members (excludes halogenated alkanes) is 4. The third kappa shape index (κ3) is 10.8. The summed E-state index contributed by atoms with van der Waals surface area (Å²) in [6.07, 6.45) is 19.0. The smallest absolute Gasteiger partial charge is 0.337 e. The predicted molar refractivity (Wildman–Crippen MR) is 200 cm³/mol. The minimum atomic E-state index is -0.334. The molecule has 1 saturated carbocycles. The van der Waals surface area contributed by atoms with Gasteiger partial charge < -0.3 is 23.6 Å². The van der Waals surface area contributed by atoms with Gasteiger partial charge in [-0.15, -0.1) is 6.58 Å². The summed E-state index contributed by atoms with van der Waals surface area (Å²) in [6.45, 7) is 19.6. The first-order chi connectivity index (χ1) is 22.9. The number of aliphatic hydroxyl groups is 1. The number of hydrogen-bond acceptors (Lipinski definition) is 3. The molecule has 1 aliphatic carbocycles. The highest BCUT2D eigenvalue weighted by Crippen LogP contribution is 2.45. The molecule has 4 rings (SSSR count). The van der Waals surface area contributed by atoms with Crippen LogP contribution in [0.2, 0.25) is 0 Å². The van der Waals surface area contributed by atoms with Crippen LogP contribution < -0.4 is 4.70 Å². The van der Waals surface area contributed by atoms with Crippen LogP contribution in [0.15, 0.2) is 55.1 Å². The van der Waals surface area contributed by atoms with E-state index in [1.165, 1.54) is 132 Å². The van der Waals surface area contributed by atoms with Crippen molar-refractivity contribution in [2.24, 2.45) is 0 Å². The maximum Gasteiger partial charge on any atom is 0.337 e. The predicted octanol–water partition coefficient (Wildman–Crippen LogP) is 7.83. The number of halogens is 1. The largest absolute Gasteiger partial charge is 1.00 e. The molecule has 5 nitrogen and oxygen atoms in total. The number of quaternary nitrogens is 1. The van der Waals surface area contributed by atoms with Gasteiger partial charge in [-0.25, -0.2) is 4.79 Å². The number of ether oxygens (including phenoxy) is 1. The summed E-state index contributed by atoms with van der Waals surface area (Å²) >= 11 is 0. The average Bonchev–Trinajstić information content (AvgIpc) is 3.44. The molecule has 1 aliphatic rings. The summed E-state index contributed by atoms with van der Waals surface area (Å²) in [5, 5.41) is 11.2. The van der Waals surface area contributed by atoms with Crippen LogP contribution in [0.3, 0.4) is 0 Å². The standard InChI is InChI=1S/C26H29NO3.C16H36N.FH/c1-3-15-27-23-16-19(26(29)30-2)13-14-22(23)24(18-9-5-4-6-10-18)25(27)21-12-8-7-11-20(21)17-28;1-5-9-13-17(14-10-6-2,15-11-7-3)16-12-8-4;/h3,7-8,11-14,16,18,28H,1,4-6,9-10,15,17H2,2H3;5-16H2,1-4H3;1H/q;+1;/p-1. The van der Waals surface area contributed by atoms with Gasteiger partial charge in [0.15, 0.2) is 0 Å². The molecule has 48 heavy (non-hydrogen) atoms. The molecule has 0 aliphatic heterocycles. The number of rotatable bonds is 18. The number of carbonyl (C=O) groups is 1. The Morgan fingerprint density at radius 3 is 1.96 bits per heavy atom. The maximum absolute atomic E-state index is 12.2. The van der Waals surface area contributed by atoms with Gasteiger partial charge in [-0.2, -0.15) is 0 Å². The Hall–Kier alpha value is -2.96. The van der Waals surface area contributed by atoms with Crippen LogP contribution in [0.25, 0.3) is 22.2 Å². The summed E-state index contributed by atoms with van der Waals surface area (Å²) in [7, 11) is 1.41. The number of hydrogen-bond donors (Lipinski definition) is 1. The van der Waals surface area contributed by atoms with Gasteiger partial charge in [-0.05, 0) is 67.7 Å². The van der Waals surface area contributed by atoms with Gasteiger partial charge in [0.1, 0.15) is 0 Å². The van der Waals surface area contributed by atoms with Gasteiger partial charge in [0, 0.05) is 23.0 Å². The molecule has 0 radical (unpaired) electrons. The Balaban J connectivity index is 0.000000384. The van der Waals surface area contributed by atoms with Crippen LogP contribution in [0.5, 0.6) is 0 Å². The van der Waals surface area contributed by atoms with E-state index < -0.39 is 0 Å². The third-order valence-electron chi connectivity index (χ3n) is 10.2. The van der Waals surface area contributed by atoms with E-state index in [1.54, 1.807) is 0 Å². The highest BCUT2D eigenvalue weighted by atomic mass is 19.0. The number of benzene rings is 2. The molecule has 1 heterocycles. The van der Waals surface area contributed by atoms with Crippen molar-refractivity contribution < 1.29 is 23.8 Å². The topological polar surface area (TPSA) is 51.5 Å². The maximum atomic E-state index is 12.2. The second-order valence-electron chi connectivity index (χ2n) is 13.7. The molecule has 268 valence electrons. The molecule has 0 atom stereocenters. The summed E-state index contributed by atoms with van der Waals surface area (Å²) < 4.78 is 8.62. The molecule has 0 saturated heterocycles. The summed E-state index contributed by atoms with van der Waals surface area (Å²) in [5.41, 5.74) is 6.01. The van der Waals surface area contributed by atoms with E-state index in [-0.39, 0.29) is 17.3 Å². The van der Waals surface area contributed by atoms with Crippen molar-refractivity contribution in [3.05, 3.63) is 71.8 Å². The Morgan fingerprint density at radius 2 is 1.46 bits per heavy atom. The van der Waals surface area contributed by atoms with Gasteiger partial charge in [0.05, 0.1) is 51.2 Å². The Kier molecular flexibility index (Phi) is 18.8. The number of methoxy groups -OCH3 is 1. The lowest BCUT2D eigenvalue weighted by Gasteiger charge is -2.39. The van der Waals surface area contributed by atoms with Gasteiger partial charge in [0.2, 0.25) is 0 Å². The molecular weight excluding hydrogens is 599 g/mol. The van der Waals surface area contributed by atoms with E-state index in [2.05, 4.69) is 51.0 Å². The Labute approximate surface area is 291 Å². The van der Waals surface area contributed by atoms with Crippen LogP contribution in [-0.4, -0.2) is 53.4 Å². The first-order valence-corrected chi connectivity index (χ1v) is 18.8. The second-order valence-corrected chi connectivity index (χ2v) is 13.7. The molecule has 0 unspecified atom stereocenters. The molecule has 0 spiro atoms. The van der Waals surface area contributed by atoms with Gasteiger partial charge in [-0.1, -0.05) is 109 Å². The van der Waals surface area contributed by atoms with Crippen LogP contribution in [-0.2, 0) is 17.9 Å². The zero-order chi connectivity index (χ0) is 34.1. The summed E-state index contributed by atoms with van der Waals surface area (Å²) in [6, 6.07) is 13.9. The van der Waals surface area contributed by atoms with Crippen molar-refractivity contribution >= 4 is 16.9 Å².